The van der Waals surface area contributed by atoms with Crippen LogP contribution in [0.4, 0.5) is 4.39 Å². The number of amides is 2. The number of hydrogen-bond acceptors (Lipinski definition) is 4. The topological polar surface area (TPSA) is 87.7 Å². The fourth-order valence-electron chi connectivity index (χ4n) is 4.22. The summed E-state index contributed by atoms with van der Waals surface area (Å²) in [6, 6.07) is 5.24. The standard InChI is InChI=1S/C22H31FN2O4/c23-17-8-6-16(7-9-17)21(27)24-13-12-18-10-11-19(20(14-26)29-18)25-22(28)15-4-2-1-3-5-15/h6-9,15,18-20,26H,1-5,10-14H2,(H,24,27)(H,25,28)/t18-,19+,20-/m1/s1. The molecule has 2 amide bonds. The molecular weight excluding hydrogens is 375 g/mol. The van der Waals surface area contributed by atoms with Crippen molar-refractivity contribution in [1.82, 2.24) is 10.6 Å². The molecule has 3 rings (SSSR count). The van der Waals surface area contributed by atoms with Crippen molar-refractivity contribution in [1.29, 1.82) is 0 Å². The van der Waals surface area contributed by atoms with Crippen LogP contribution in [0.1, 0.15) is 61.7 Å². The van der Waals surface area contributed by atoms with Crippen molar-refractivity contribution >= 4 is 11.8 Å². The van der Waals surface area contributed by atoms with Crippen molar-refractivity contribution in [3.05, 3.63) is 35.6 Å². The normalized spacial score (nSPS) is 25.4. The number of halogens is 1. The summed E-state index contributed by atoms with van der Waals surface area (Å²) in [6.07, 6.45) is 6.93. The largest absolute Gasteiger partial charge is 0.394 e. The van der Waals surface area contributed by atoms with Crippen LogP contribution in [-0.4, -0.2) is 48.3 Å². The quantitative estimate of drug-likeness (QED) is 0.649. The Balaban J connectivity index is 1.41. The molecule has 2 aliphatic rings. The van der Waals surface area contributed by atoms with Crippen molar-refractivity contribution in [2.75, 3.05) is 13.2 Å². The average Bonchev–Trinajstić information content (AvgIpc) is 2.75. The molecule has 1 saturated carbocycles. The minimum absolute atomic E-state index is 0.0801. The predicted octanol–water partition coefficient (Wildman–Crippen LogP) is 2.55. The number of nitrogens with one attached hydrogen (secondary N) is 2. The maximum Gasteiger partial charge on any atom is 0.251 e. The molecule has 1 aromatic carbocycles. The van der Waals surface area contributed by atoms with E-state index in [1.807, 2.05) is 0 Å². The Morgan fingerprint density at radius 2 is 1.79 bits per heavy atom. The summed E-state index contributed by atoms with van der Waals surface area (Å²) in [6.45, 7) is 0.284. The highest BCUT2D eigenvalue weighted by molar-refractivity contribution is 5.94. The van der Waals surface area contributed by atoms with Crippen LogP contribution in [0.2, 0.25) is 0 Å². The van der Waals surface area contributed by atoms with Gasteiger partial charge in [-0.1, -0.05) is 19.3 Å². The highest BCUT2D eigenvalue weighted by Crippen LogP contribution is 2.26. The second-order valence-corrected chi connectivity index (χ2v) is 8.06. The van der Waals surface area contributed by atoms with Crippen molar-refractivity contribution in [3.8, 4) is 0 Å². The molecule has 1 aromatic rings. The van der Waals surface area contributed by atoms with Crippen LogP contribution in [0.15, 0.2) is 24.3 Å². The molecular formula is C22H31FN2O4. The third kappa shape index (κ3) is 6.24. The molecule has 3 atom stereocenters. The summed E-state index contributed by atoms with van der Waals surface area (Å²) in [4.78, 5) is 24.6. The van der Waals surface area contributed by atoms with Crippen LogP contribution in [0.3, 0.4) is 0 Å². The highest BCUT2D eigenvalue weighted by Gasteiger charge is 2.33. The lowest BCUT2D eigenvalue weighted by Crippen LogP contribution is -2.52. The van der Waals surface area contributed by atoms with E-state index >= 15 is 0 Å². The first-order chi connectivity index (χ1) is 14.1. The summed E-state index contributed by atoms with van der Waals surface area (Å²) in [5, 5.41) is 15.6. The van der Waals surface area contributed by atoms with Gasteiger partial charge < -0.3 is 20.5 Å². The van der Waals surface area contributed by atoms with E-state index in [1.54, 1.807) is 0 Å². The number of carbonyl (C=O) groups excluding carboxylic acids is 2. The molecule has 160 valence electrons. The fraction of sp³-hybridized carbons (Fsp3) is 0.636. The average molecular weight is 406 g/mol. The first-order valence-electron chi connectivity index (χ1n) is 10.7. The SMILES string of the molecule is O=C(NCC[C@H]1CC[C@H](NC(=O)C2CCCCC2)[C@@H](CO)O1)c1ccc(F)cc1. The van der Waals surface area contributed by atoms with Gasteiger partial charge in [0.25, 0.3) is 5.91 Å². The zero-order chi connectivity index (χ0) is 20.6. The molecule has 0 aromatic heterocycles. The summed E-state index contributed by atoms with van der Waals surface area (Å²) in [5.74, 6) is -0.460. The van der Waals surface area contributed by atoms with Crippen LogP contribution in [0.25, 0.3) is 0 Å². The van der Waals surface area contributed by atoms with Gasteiger partial charge in [0.1, 0.15) is 11.9 Å². The molecule has 29 heavy (non-hydrogen) atoms. The second-order valence-electron chi connectivity index (χ2n) is 8.06. The Kier molecular flexibility index (Phi) is 8.00. The zero-order valence-corrected chi connectivity index (χ0v) is 16.7. The lowest BCUT2D eigenvalue weighted by Gasteiger charge is -2.37. The molecule has 0 radical (unpaired) electrons. The molecule has 0 unspecified atom stereocenters. The number of rotatable bonds is 7. The summed E-state index contributed by atoms with van der Waals surface area (Å²) < 4.78 is 18.9. The summed E-state index contributed by atoms with van der Waals surface area (Å²) >= 11 is 0. The van der Waals surface area contributed by atoms with E-state index in [9.17, 15) is 19.1 Å². The van der Waals surface area contributed by atoms with E-state index < -0.39 is 6.10 Å². The Bertz CT molecular complexity index is 676. The molecule has 6 nitrogen and oxygen atoms in total. The monoisotopic (exact) mass is 406 g/mol. The van der Waals surface area contributed by atoms with Gasteiger partial charge in [0.15, 0.2) is 0 Å². The highest BCUT2D eigenvalue weighted by atomic mass is 19.1. The van der Waals surface area contributed by atoms with Gasteiger partial charge in [-0.05, 0) is 56.4 Å². The molecule has 1 saturated heterocycles. The lowest BCUT2D eigenvalue weighted by atomic mass is 9.88. The Morgan fingerprint density at radius 1 is 1.07 bits per heavy atom. The Hall–Kier alpha value is -1.99. The fourth-order valence-corrected chi connectivity index (χ4v) is 4.22. The van der Waals surface area contributed by atoms with Crippen LogP contribution < -0.4 is 10.6 Å². The van der Waals surface area contributed by atoms with Crippen molar-refractivity contribution in [2.24, 2.45) is 5.92 Å². The van der Waals surface area contributed by atoms with Gasteiger partial charge in [-0.3, -0.25) is 9.59 Å². The van der Waals surface area contributed by atoms with E-state index in [0.717, 1.165) is 38.5 Å². The van der Waals surface area contributed by atoms with Gasteiger partial charge in [-0.15, -0.1) is 0 Å². The minimum Gasteiger partial charge on any atom is -0.394 e. The number of aliphatic hydroxyl groups excluding tert-OH is 1. The number of aliphatic hydroxyl groups is 1. The summed E-state index contributed by atoms with van der Waals surface area (Å²) in [7, 11) is 0. The molecule has 2 fully saturated rings. The van der Waals surface area contributed by atoms with Crippen LogP contribution in [0.5, 0.6) is 0 Å². The molecule has 0 bridgehead atoms. The van der Waals surface area contributed by atoms with Gasteiger partial charge in [0, 0.05) is 18.0 Å². The second kappa shape index (κ2) is 10.7. The zero-order valence-electron chi connectivity index (χ0n) is 16.7. The molecule has 1 heterocycles. The van der Waals surface area contributed by atoms with E-state index in [2.05, 4.69) is 10.6 Å². The van der Waals surface area contributed by atoms with Gasteiger partial charge in [0.05, 0.1) is 18.8 Å². The van der Waals surface area contributed by atoms with Gasteiger partial charge in [-0.25, -0.2) is 4.39 Å². The van der Waals surface area contributed by atoms with Crippen LogP contribution >= 0.6 is 0 Å². The first kappa shape index (κ1) is 21.7. The molecule has 1 aliphatic carbocycles. The third-order valence-electron chi connectivity index (χ3n) is 5.96. The Morgan fingerprint density at radius 3 is 2.48 bits per heavy atom. The molecule has 3 N–H and O–H groups in total. The minimum atomic E-state index is -0.422. The van der Waals surface area contributed by atoms with Crippen molar-refractivity contribution in [3.63, 3.8) is 0 Å². The first-order valence-corrected chi connectivity index (χ1v) is 10.7. The smallest absolute Gasteiger partial charge is 0.251 e. The maximum absolute atomic E-state index is 12.9. The maximum atomic E-state index is 12.9. The van der Waals surface area contributed by atoms with Crippen molar-refractivity contribution in [2.45, 2.75) is 69.6 Å². The van der Waals surface area contributed by atoms with Gasteiger partial charge >= 0.3 is 0 Å². The van der Waals surface area contributed by atoms with E-state index in [-0.39, 0.29) is 42.3 Å². The predicted molar refractivity (Wildman–Crippen MR) is 107 cm³/mol. The molecule has 1 aliphatic heterocycles. The third-order valence-corrected chi connectivity index (χ3v) is 5.96. The van der Waals surface area contributed by atoms with Crippen LogP contribution in [0, 0.1) is 11.7 Å². The molecule has 7 heteroatoms. The lowest BCUT2D eigenvalue weighted by molar-refractivity contribution is -0.132. The van der Waals surface area contributed by atoms with Gasteiger partial charge in [-0.2, -0.15) is 0 Å². The van der Waals surface area contributed by atoms with Crippen molar-refractivity contribution < 1.29 is 23.8 Å². The number of benzene rings is 1. The van der Waals surface area contributed by atoms with E-state index in [1.165, 1.54) is 30.7 Å². The number of ether oxygens (including phenoxy) is 1. The molecule has 0 spiro atoms. The number of carbonyl (C=O) groups is 2. The van der Waals surface area contributed by atoms with Crippen LogP contribution in [-0.2, 0) is 9.53 Å². The summed E-state index contributed by atoms with van der Waals surface area (Å²) in [5.41, 5.74) is 0.412. The van der Waals surface area contributed by atoms with Gasteiger partial charge in [0.2, 0.25) is 5.91 Å². The van der Waals surface area contributed by atoms with E-state index in [0.29, 0.717) is 18.5 Å². The van der Waals surface area contributed by atoms with E-state index in [4.69, 9.17) is 4.74 Å². The Labute approximate surface area is 171 Å². The number of hydrogen-bond donors (Lipinski definition) is 3.